The van der Waals surface area contributed by atoms with Gasteiger partial charge in [0.15, 0.2) is 0 Å². The predicted molar refractivity (Wildman–Crippen MR) is 144 cm³/mol. The minimum atomic E-state index is -0.256. The van der Waals surface area contributed by atoms with Gasteiger partial charge in [-0.3, -0.25) is 18.9 Å². The van der Waals surface area contributed by atoms with E-state index in [-0.39, 0.29) is 11.5 Å². The molecule has 1 aliphatic rings. The average Bonchev–Trinajstić information content (AvgIpc) is 3.12. The molecule has 0 saturated carbocycles. The molecule has 8 heteroatoms. The van der Waals surface area contributed by atoms with Gasteiger partial charge in [-0.05, 0) is 30.2 Å². The first-order chi connectivity index (χ1) is 16.5. The number of anilines is 1. The fourth-order valence-corrected chi connectivity index (χ4v) is 5.02. The zero-order valence-electron chi connectivity index (χ0n) is 18.6. The van der Waals surface area contributed by atoms with Crippen molar-refractivity contribution in [1.82, 2.24) is 14.3 Å². The Bertz CT molecular complexity index is 1340. The molecule has 34 heavy (non-hydrogen) atoms. The monoisotopic (exact) mass is 488 g/mol. The Labute approximate surface area is 207 Å². The van der Waals surface area contributed by atoms with Crippen LogP contribution in [0.3, 0.4) is 0 Å². The lowest BCUT2D eigenvalue weighted by Gasteiger charge is -2.22. The van der Waals surface area contributed by atoms with Crippen molar-refractivity contribution >= 4 is 51.7 Å². The van der Waals surface area contributed by atoms with E-state index in [0.717, 1.165) is 5.56 Å². The molecule has 0 N–H and O–H groups in total. The molecule has 1 amide bonds. The quantitative estimate of drug-likeness (QED) is 0.254. The number of hydrogen-bond acceptors (Lipinski definition) is 6. The third-order valence-electron chi connectivity index (χ3n) is 5.36. The number of amides is 1. The first-order valence-electron chi connectivity index (χ1n) is 10.8. The van der Waals surface area contributed by atoms with Gasteiger partial charge in [0.1, 0.15) is 15.8 Å². The molecule has 0 unspecified atom stereocenters. The van der Waals surface area contributed by atoms with E-state index in [0.29, 0.717) is 52.3 Å². The Hall–Kier alpha value is -3.49. The highest BCUT2D eigenvalue weighted by Crippen LogP contribution is 2.33. The number of fused-ring (bicyclic) bond motifs is 1. The van der Waals surface area contributed by atoms with Crippen LogP contribution in [-0.4, -0.2) is 44.1 Å². The van der Waals surface area contributed by atoms with Crippen LogP contribution in [0.2, 0.25) is 0 Å². The number of benzene rings is 1. The number of aromatic nitrogens is 2. The number of carbonyl (C=O) groups is 1. The minimum absolute atomic E-state index is 0.201. The third kappa shape index (κ3) is 4.88. The molecule has 0 aliphatic carbocycles. The fourth-order valence-electron chi connectivity index (χ4n) is 3.73. The smallest absolute Gasteiger partial charge is 0.267 e. The van der Waals surface area contributed by atoms with E-state index in [9.17, 15) is 9.59 Å². The van der Waals surface area contributed by atoms with Gasteiger partial charge in [-0.25, -0.2) is 4.98 Å². The van der Waals surface area contributed by atoms with Crippen LogP contribution in [0.25, 0.3) is 11.7 Å². The molecule has 3 aromatic rings. The maximum absolute atomic E-state index is 13.5. The summed E-state index contributed by atoms with van der Waals surface area (Å²) in [5.41, 5.74) is 1.72. The first kappa shape index (κ1) is 23.7. The molecule has 0 radical (unpaired) electrons. The number of thiocarbonyl (C=S) groups is 1. The van der Waals surface area contributed by atoms with Crippen LogP contribution in [0.15, 0.2) is 89.7 Å². The van der Waals surface area contributed by atoms with E-state index in [1.165, 1.54) is 16.2 Å². The van der Waals surface area contributed by atoms with E-state index in [1.807, 2.05) is 41.3 Å². The van der Waals surface area contributed by atoms with Gasteiger partial charge in [-0.1, -0.05) is 72.5 Å². The average molecular weight is 489 g/mol. The normalized spacial score (nSPS) is 14.7. The summed E-state index contributed by atoms with van der Waals surface area (Å²) in [6.45, 7) is 9.06. The molecule has 3 heterocycles. The molecule has 4 rings (SSSR count). The van der Waals surface area contributed by atoms with Crippen LogP contribution < -0.4 is 10.5 Å². The van der Waals surface area contributed by atoms with Crippen molar-refractivity contribution in [3.8, 4) is 0 Å². The highest BCUT2D eigenvalue weighted by atomic mass is 32.2. The summed E-state index contributed by atoms with van der Waals surface area (Å²) in [6, 6.07) is 15.3. The number of rotatable bonds is 9. The standard InChI is InChI=1S/C26H24N4O2S2/c1-3-14-28(15-4-2)23-20(24(31)29-16-9-8-12-22(29)27-23)18-21-25(32)30(26(33)34-21)17-13-19-10-6-5-7-11-19/h3-12,16,18H,1-2,13-15,17H2/b21-18+. The van der Waals surface area contributed by atoms with Crippen molar-refractivity contribution in [2.45, 2.75) is 6.42 Å². The second kappa shape index (κ2) is 10.6. The summed E-state index contributed by atoms with van der Waals surface area (Å²) in [5.74, 6) is 0.277. The zero-order chi connectivity index (χ0) is 24.1. The Kier molecular flexibility index (Phi) is 7.40. The van der Waals surface area contributed by atoms with Crippen molar-refractivity contribution in [2.24, 2.45) is 0 Å². The van der Waals surface area contributed by atoms with Crippen molar-refractivity contribution in [3.63, 3.8) is 0 Å². The Morgan fingerprint density at radius 2 is 1.74 bits per heavy atom. The molecule has 1 aliphatic heterocycles. The number of pyridine rings is 1. The molecule has 2 aromatic heterocycles. The molecule has 0 atom stereocenters. The summed E-state index contributed by atoms with van der Waals surface area (Å²) < 4.78 is 1.96. The van der Waals surface area contributed by atoms with E-state index in [4.69, 9.17) is 17.2 Å². The molecule has 0 spiro atoms. The predicted octanol–water partition coefficient (Wildman–Crippen LogP) is 4.32. The van der Waals surface area contributed by atoms with Crippen LogP contribution >= 0.6 is 24.0 Å². The SMILES string of the molecule is C=CCN(CC=C)c1nc2ccccn2c(=O)c1/C=C1/SC(=S)N(CCc2ccccc2)C1=O. The van der Waals surface area contributed by atoms with E-state index in [1.54, 1.807) is 41.5 Å². The summed E-state index contributed by atoms with van der Waals surface area (Å²) in [6.07, 6.45) is 7.46. The number of thioether (sulfide) groups is 1. The number of hydrogen-bond donors (Lipinski definition) is 0. The fraction of sp³-hybridized carbons (Fsp3) is 0.154. The van der Waals surface area contributed by atoms with Gasteiger partial charge in [0.25, 0.3) is 11.5 Å². The van der Waals surface area contributed by atoms with Crippen molar-refractivity contribution < 1.29 is 4.79 Å². The van der Waals surface area contributed by atoms with E-state index >= 15 is 0 Å². The van der Waals surface area contributed by atoms with Crippen LogP contribution in [0.1, 0.15) is 11.1 Å². The maximum atomic E-state index is 13.5. The lowest BCUT2D eigenvalue weighted by Crippen LogP contribution is -2.31. The Morgan fingerprint density at radius 1 is 1.03 bits per heavy atom. The van der Waals surface area contributed by atoms with Crippen molar-refractivity contribution in [3.05, 3.63) is 106 Å². The van der Waals surface area contributed by atoms with Gasteiger partial charge < -0.3 is 4.90 Å². The van der Waals surface area contributed by atoms with Crippen molar-refractivity contribution in [2.75, 3.05) is 24.5 Å². The molecular formula is C26H24N4O2S2. The van der Waals surface area contributed by atoms with Crippen LogP contribution in [0, 0.1) is 0 Å². The van der Waals surface area contributed by atoms with Gasteiger partial charge in [0.05, 0.1) is 10.5 Å². The third-order valence-corrected chi connectivity index (χ3v) is 6.74. The molecule has 1 saturated heterocycles. The van der Waals surface area contributed by atoms with Crippen molar-refractivity contribution in [1.29, 1.82) is 0 Å². The highest BCUT2D eigenvalue weighted by Gasteiger charge is 2.32. The lowest BCUT2D eigenvalue weighted by molar-refractivity contribution is -0.122. The molecule has 1 aromatic carbocycles. The maximum Gasteiger partial charge on any atom is 0.267 e. The van der Waals surface area contributed by atoms with Crippen LogP contribution in [-0.2, 0) is 11.2 Å². The zero-order valence-corrected chi connectivity index (χ0v) is 20.2. The highest BCUT2D eigenvalue weighted by molar-refractivity contribution is 8.26. The summed E-state index contributed by atoms with van der Waals surface area (Å²) in [4.78, 5) is 35.3. The van der Waals surface area contributed by atoms with Crippen LogP contribution in [0.5, 0.6) is 0 Å². The van der Waals surface area contributed by atoms with Gasteiger partial charge in [0.2, 0.25) is 0 Å². The Morgan fingerprint density at radius 3 is 2.44 bits per heavy atom. The van der Waals surface area contributed by atoms with E-state index < -0.39 is 0 Å². The number of carbonyl (C=O) groups excluding carboxylic acids is 1. The van der Waals surface area contributed by atoms with Gasteiger partial charge in [0, 0.05) is 25.8 Å². The van der Waals surface area contributed by atoms with E-state index in [2.05, 4.69) is 13.2 Å². The molecular weight excluding hydrogens is 464 g/mol. The molecule has 0 bridgehead atoms. The van der Waals surface area contributed by atoms with Gasteiger partial charge in [-0.15, -0.1) is 13.2 Å². The first-order valence-corrected chi connectivity index (χ1v) is 12.0. The Balaban J connectivity index is 1.73. The second-order valence-electron chi connectivity index (χ2n) is 7.63. The van der Waals surface area contributed by atoms with Gasteiger partial charge in [-0.2, -0.15) is 0 Å². The lowest BCUT2D eigenvalue weighted by atomic mass is 10.1. The molecule has 172 valence electrons. The summed E-state index contributed by atoms with van der Waals surface area (Å²) in [5, 5.41) is 0. The molecule has 6 nitrogen and oxygen atoms in total. The minimum Gasteiger partial charge on any atom is -0.348 e. The summed E-state index contributed by atoms with van der Waals surface area (Å²) >= 11 is 6.70. The topological polar surface area (TPSA) is 57.9 Å². The van der Waals surface area contributed by atoms with Crippen LogP contribution in [0.4, 0.5) is 5.82 Å². The second-order valence-corrected chi connectivity index (χ2v) is 9.31. The largest absolute Gasteiger partial charge is 0.348 e. The number of nitrogens with zero attached hydrogens (tertiary/aromatic N) is 4. The van der Waals surface area contributed by atoms with Gasteiger partial charge >= 0.3 is 0 Å². The molecule has 1 fully saturated rings. The summed E-state index contributed by atoms with van der Waals surface area (Å²) in [7, 11) is 0.